The van der Waals surface area contributed by atoms with Crippen LogP contribution in [0.25, 0.3) is 5.52 Å². The molecule has 0 saturated carbocycles. The first-order valence-electron chi connectivity index (χ1n) is 7.97. The van der Waals surface area contributed by atoms with Crippen LogP contribution in [0.2, 0.25) is 0 Å². The summed E-state index contributed by atoms with van der Waals surface area (Å²) in [5, 5.41) is 13.6. The molecule has 0 bridgehead atoms. The second-order valence-electron chi connectivity index (χ2n) is 6.27. The first-order valence-corrected chi connectivity index (χ1v) is 8.77. The van der Waals surface area contributed by atoms with Gasteiger partial charge in [-0.1, -0.05) is 0 Å². The van der Waals surface area contributed by atoms with E-state index in [-0.39, 0.29) is 5.97 Å². The first-order chi connectivity index (χ1) is 11.5. The normalized spacial score (nSPS) is 16.8. The van der Waals surface area contributed by atoms with E-state index in [4.69, 9.17) is 4.74 Å². The fourth-order valence-corrected chi connectivity index (χ4v) is 3.55. The Morgan fingerprint density at radius 1 is 1.50 bits per heavy atom. The molecule has 0 amide bonds. The Morgan fingerprint density at radius 3 is 2.83 bits per heavy atom. The van der Waals surface area contributed by atoms with Crippen LogP contribution in [-0.4, -0.2) is 35.3 Å². The lowest BCUT2D eigenvalue weighted by Gasteiger charge is -2.38. The van der Waals surface area contributed by atoms with Gasteiger partial charge in [0.2, 0.25) is 0 Å². The molecule has 2 aromatic heterocycles. The third-order valence-electron chi connectivity index (χ3n) is 4.65. The quantitative estimate of drug-likeness (QED) is 0.752. The van der Waals surface area contributed by atoms with Crippen molar-refractivity contribution < 1.29 is 9.53 Å². The highest BCUT2D eigenvalue weighted by Gasteiger charge is 2.38. The maximum Gasteiger partial charge on any atom is 0.311 e. The number of halogens is 1. The molecule has 2 aromatic rings. The number of pyridine rings is 1. The van der Waals surface area contributed by atoms with Crippen molar-refractivity contribution in [2.45, 2.75) is 26.7 Å². The average molecular weight is 391 g/mol. The van der Waals surface area contributed by atoms with E-state index in [1.807, 2.05) is 26.1 Å². The highest BCUT2D eigenvalue weighted by Crippen LogP contribution is 2.37. The van der Waals surface area contributed by atoms with Crippen LogP contribution >= 0.6 is 15.9 Å². The highest BCUT2D eigenvalue weighted by molar-refractivity contribution is 9.10. The van der Waals surface area contributed by atoms with Crippen molar-refractivity contribution in [2.24, 2.45) is 5.41 Å². The van der Waals surface area contributed by atoms with Gasteiger partial charge in [0.1, 0.15) is 11.6 Å². The number of esters is 1. The minimum Gasteiger partial charge on any atom is -0.466 e. The molecule has 0 unspecified atom stereocenters. The van der Waals surface area contributed by atoms with Crippen LogP contribution in [0.15, 0.2) is 22.9 Å². The molecular weight excluding hydrogens is 372 g/mol. The molecule has 1 aliphatic heterocycles. The third-order valence-corrected chi connectivity index (χ3v) is 5.09. The Kier molecular flexibility index (Phi) is 4.50. The van der Waals surface area contributed by atoms with Gasteiger partial charge in [-0.05, 0) is 48.7 Å². The van der Waals surface area contributed by atoms with E-state index in [0.717, 1.165) is 41.6 Å². The number of carbonyl (C=O) groups is 1. The smallest absolute Gasteiger partial charge is 0.311 e. The monoisotopic (exact) mass is 390 g/mol. The van der Waals surface area contributed by atoms with Crippen LogP contribution in [0.4, 0.5) is 5.69 Å². The van der Waals surface area contributed by atoms with E-state index in [9.17, 15) is 10.1 Å². The summed E-state index contributed by atoms with van der Waals surface area (Å²) >= 11 is 3.50. The zero-order valence-corrected chi connectivity index (χ0v) is 15.3. The summed E-state index contributed by atoms with van der Waals surface area (Å²) in [6, 6.07) is 4.21. The van der Waals surface area contributed by atoms with Crippen molar-refractivity contribution in [2.75, 3.05) is 24.6 Å². The summed E-state index contributed by atoms with van der Waals surface area (Å²) in [6.07, 6.45) is 4.87. The topological polar surface area (TPSA) is 70.6 Å². The molecule has 3 rings (SSSR count). The van der Waals surface area contributed by atoms with Crippen molar-refractivity contribution >= 4 is 33.1 Å². The minimum atomic E-state index is -0.437. The van der Waals surface area contributed by atoms with Crippen LogP contribution < -0.4 is 4.90 Å². The van der Waals surface area contributed by atoms with Gasteiger partial charge in [0.25, 0.3) is 0 Å². The number of aromatic nitrogens is 2. The van der Waals surface area contributed by atoms with Crippen molar-refractivity contribution in [3.63, 3.8) is 0 Å². The lowest BCUT2D eigenvalue weighted by Crippen LogP contribution is -2.43. The predicted octanol–water partition coefficient (Wildman–Crippen LogP) is 3.14. The van der Waals surface area contributed by atoms with Gasteiger partial charge < -0.3 is 9.64 Å². The molecule has 6 nitrogen and oxygen atoms in total. The second-order valence-corrected chi connectivity index (χ2v) is 7.19. The van der Waals surface area contributed by atoms with Gasteiger partial charge in [0.15, 0.2) is 0 Å². The van der Waals surface area contributed by atoms with E-state index in [1.54, 1.807) is 10.7 Å². The van der Waals surface area contributed by atoms with Crippen LogP contribution in [0.3, 0.4) is 0 Å². The number of hydrogen-bond donors (Lipinski definition) is 0. The Labute approximate surface area is 149 Å². The van der Waals surface area contributed by atoms with Crippen LogP contribution in [0.1, 0.15) is 32.3 Å². The maximum absolute atomic E-state index is 12.2. The van der Waals surface area contributed by atoms with Crippen molar-refractivity contribution in [1.82, 2.24) is 9.61 Å². The van der Waals surface area contributed by atoms with Crippen LogP contribution in [0, 0.1) is 16.7 Å². The zero-order chi connectivity index (χ0) is 17.3. The molecule has 0 radical (unpaired) electrons. The number of rotatable bonds is 3. The SMILES string of the molecule is CCOC(=O)C1(C)CCN(c2cc(Br)cn3ncc(C#N)c23)CC1. The van der Waals surface area contributed by atoms with E-state index in [1.165, 1.54) is 0 Å². The summed E-state index contributed by atoms with van der Waals surface area (Å²) in [5.41, 5.74) is 1.88. The van der Waals surface area contributed by atoms with Crippen molar-refractivity contribution in [3.05, 3.63) is 28.5 Å². The molecule has 24 heavy (non-hydrogen) atoms. The fraction of sp³-hybridized carbons (Fsp3) is 0.471. The number of hydrogen-bond acceptors (Lipinski definition) is 5. The van der Waals surface area contributed by atoms with Gasteiger partial charge in [0.05, 0.1) is 29.5 Å². The molecular formula is C17H19BrN4O2. The standard InChI is InChI=1S/C17H19BrN4O2/c1-3-24-16(23)17(2)4-6-21(7-5-17)14-8-13(18)11-22-15(14)12(9-19)10-20-22/h8,10-11H,3-7H2,1-2H3. The van der Waals surface area contributed by atoms with E-state index in [2.05, 4.69) is 32.0 Å². The van der Waals surface area contributed by atoms with E-state index < -0.39 is 5.41 Å². The molecule has 0 N–H and O–H groups in total. The first kappa shape index (κ1) is 16.8. The Hall–Kier alpha value is -2.07. The third kappa shape index (κ3) is 2.86. The number of nitriles is 1. The summed E-state index contributed by atoms with van der Waals surface area (Å²) in [7, 11) is 0. The van der Waals surface area contributed by atoms with Gasteiger partial charge in [-0.2, -0.15) is 10.4 Å². The number of piperidine rings is 1. The number of anilines is 1. The van der Waals surface area contributed by atoms with E-state index >= 15 is 0 Å². The van der Waals surface area contributed by atoms with Gasteiger partial charge >= 0.3 is 5.97 Å². The molecule has 1 fully saturated rings. The molecule has 0 spiro atoms. The van der Waals surface area contributed by atoms with Crippen molar-refractivity contribution in [3.8, 4) is 6.07 Å². The molecule has 0 atom stereocenters. The van der Waals surface area contributed by atoms with E-state index in [0.29, 0.717) is 12.2 Å². The molecule has 126 valence electrons. The number of ether oxygens (including phenoxy) is 1. The van der Waals surface area contributed by atoms with Crippen LogP contribution in [0.5, 0.6) is 0 Å². The molecule has 0 aliphatic carbocycles. The lowest BCUT2D eigenvalue weighted by molar-refractivity contribution is -0.155. The Morgan fingerprint density at radius 2 is 2.21 bits per heavy atom. The Bertz CT molecular complexity index is 816. The maximum atomic E-state index is 12.2. The van der Waals surface area contributed by atoms with Gasteiger partial charge in [-0.3, -0.25) is 4.79 Å². The summed E-state index contributed by atoms with van der Waals surface area (Å²) in [4.78, 5) is 14.4. The highest BCUT2D eigenvalue weighted by atomic mass is 79.9. The number of fused-ring (bicyclic) bond motifs is 1. The summed E-state index contributed by atoms with van der Waals surface area (Å²) < 4.78 is 7.84. The largest absolute Gasteiger partial charge is 0.466 e. The number of nitrogens with zero attached hydrogens (tertiary/aromatic N) is 4. The van der Waals surface area contributed by atoms with Crippen molar-refractivity contribution in [1.29, 1.82) is 5.26 Å². The summed E-state index contributed by atoms with van der Waals surface area (Å²) in [5.74, 6) is -0.119. The molecule has 7 heteroatoms. The van der Waals surface area contributed by atoms with Gasteiger partial charge in [-0.25, -0.2) is 4.52 Å². The lowest BCUT2D eigenvalue weighted by atomic mass is 9.80. The van der Waals surface area contributed by atoms with Gasteiger partial charge in [-0.15, -0.1) is 0 Å². The minimum absolute atomic E-state index is 0.119. The molecule has 1 saturated heterocycles. The fourth-order valence-electron chi connectivity index (χ4n) is 3.14. The zero-order valence-electron chi connectivity index (χ0n) is 13.8. The average Bonchev–Trinajstić information content (AvgIpc) is 2.98. The molecule has 0 aromatic carbocycles. The number of carbonyl (C=O) groups excluding carboxylic acids is 1. The Balaban J connectivity index is 1.90. The predicted molar refractivity (Wildman–Crippen MR) is 93.8 cm³/mol. The second kappa shape index (κ2) is 6.44. The molecule has 3 heterocycles. The van der Waals surface area contributed by atoms with Gasteiger partial charge in [0, 0.05) is 23.8 Å². The summed E-state index contributed by atoms with van der Waals surface area (Å²) in [6.45, 7) is 5.68. The van der Waals surface area contributed by atoms with Crippen LogP contribution in [-0.2, 0) is 9.53 Å². The molecule has 1 aliphatic rings.